The number of nitrogen functional groups attached to an aromatic ring is 1. The summed E-state index contributed by atoms with van der Waals surface area (Å²) in [7, 11) is 0. The highest BCUT2D eigenvalue weighted by Gasteiger charge is 2.21. The standard InChI is InChI=1S/C12H12N4O4/c1-2-20-12(17)8-7-14-15(11(8)13)9-5-3-4-6-10(9)16(18)19/h3-7H,2,13H2,1H3. The summed E-state index contributed by atoms with van der Waals surface area (Å²) in [6.45, 7) is 1.87. The van der Waals surface area contributed by atoms with Crippen LogP contribution in [-0.2, 0) is 4.74 Å². The zero-order valence-corrected chi connectivity index (χ0v) is 10.6. The number of para-hydroxylation sites is 2. The predicted molar refractivity (Wildman–Crippen MR) is 70.6 cm³/mol. The van der Waals surface area contributed by atoms with E-state index in [1.54, 1.807) is 13.0 Å². The number of nitro benzene ring substituents is 1. The summed E-state index contributed by atoms with van der Waals surface area (Å²) in [6.07, 6.45) is 1.23. The highest BCUT2D eigenvalue weighted by atomic mass is 16.6. The zero-order valence-electron chi connectivity index (χ0n) is 10.6. The average Bonchev–Trinajstić information content (AvgIpc) is 2.80. The number of nitrogens with two attached hydrogens (primary N) is 1. The van der Waals surface area contributed by atoms with Crippen LogP contribution in [0.25, 0.3) is 5.69 Å². The number of nitrogens with zero attached hydrogens (tertiary/aromatic N) is 3. The van der Waals surface area contributed by atoms with Crippen LogP contribution in [0.4, 0.5) is 11.5 Å². The minimum atomic E-state index is -0.616. The summed E-state index contributed by atoms with van der Waals surface area (Å²) in [5.74, 6) is -0.618. The Morgan fingerprint density at radius 3 is 2.85 bits per heavy atom. The van der Waals surface area contributed by atoms with E-state index in [-0.39, 0.29) is 29.4 Å². The number of ether oxygens (including phenoxy) is 1. The molecule has 0 spiro atoms. The molecule has 0 fully saturated rings. The number of hydrogen-bond acceptors (Lipinski definition) is 6. The summed E-state index contributed by atoms with van der Waals surface area (Å²) in [5, 5.41) is 14.9. The maximum Gasteiger partial charge on any atom is 0.343 e. The van der Waals surface area contributed by atoms with Crippen LogP contribution < -0.4 is 5.73 Å². The van der Waals surface area contributed by atoms with Crippen molar-refractivity contribution >= 4 is 17.5 Å². The second kappa shape index (κ2) is 5.39. The molecule has 0 aliphatic carbocycles. The number of hydrogen-bond donors (Lipinski definition) is 1. The first-order valence-electron chi connectivity index (χ1n) is 5.80. The van der Waals surface area contributed by atoms with Crippen LogP contribution in [-0.4, -0.2) is 27.3 Å². The van der Waals surface area contributed by atoms with Gasteiger partial charge in [0.2, 0.25) is 0 Å². The quantitative estimate of drug-likeness (QED) is 0.514. The monoisotopic (exact) mass is 276 g/mol. The molecule has 0 amide bonds. The summed E-state index contributed by atoms with van der Waals surface area (Å²) in [5.41, 5.74) is 5.92. The van der Waals surface area contributed by atoms with Gasteiger partial charge in [-0.1, -0.05) is 12.1 Å². The van der Waals surface area contributed by atoms with E-state index in [1.807, 2.05) is 0 Å². The van der Waals surface area contributed by atoms with Crippen LogP contribution in [0.3, 0.4) is 0 Å². The average molecular weight is 276 g/mol. The number of aromatic nitrogens is 2. The fourth-order valence-electron chi connectivity index (χ4n) is 1.71. The Balaban J connectivity index is 2.50. The number of carbonyl (C=O) groups excluding carboxylic acids is 1. The van der Waals surface area contributed by atoms with Gasteiger partial charge in [-0.25, -0.2) is 9.48 Å². The normalized spacial score (nSPS) is 10.2. The van der Waals surface area contributed by atoms with Gasteiger partial charge in [-0.05, 0) is 13.0 Å². The Morgan fingerprint density at radius 1 is 1.50 bits per heavy atom. The van der Waals surface area contributed by atoms with E-state index in [4.69, 9.17) is 10.5 Å². The summed E-state index contributed by atoms with van der Waals surface area (Å²) >= 11 is 0. The fourth-order valence-corrected chi connectivity index (χ4v) is 1.71. The molecule has 0 radical (unpaired) electrons. The first-order chi connectivity index (χ1) is 9.56. The van der Waals surface area contributed by atoms with Crippen molar-refractivity contribution in [1.82, 2.24) is 9.78 Å². The molecule has 0 unspecified atom stereocenters. The molecular formula is C12H12N4O4. The lowest BCUT2D eigenvalue weighted by molar-refractivity contribution is -0.384. The van der Waals surface area contributed by atoms with Crippen molar-refractivity contribution in [3.63, 3.8) is 0 Å². The number of carbonyl (C=O) groups is 1. The number of benzene rings is 1. The number of anilines is 1. The Labute approximate surface area is 113 Å². The Hall–Kier alpha value is -2.90. The van der Waals surface area contributed by atoms with Crippen molar-refractivity contribution in [2.24, 2.45) is 0 Å². The number of rotatable bonds is 4. The molecule has 8 heteroatoms. The van der Waals surface area contributed by atoms with Gasteiger partial charge in [0.1, 0.15) is 17.1 Å². The maximum absolute atomic E-state index is 11.6. The molecule has 0 atom stereocenters. The first-order valence-corrected chi connectivity index (χ1v) is 5.80. The second-order valence-corrected chi connectivity index (χ2v) is 3.82. The predicted octanol–water partition coefficient (Wildman–Crippen LogP) is 1.54. The van der Waals surface area contributed by atoms with Crippen molar-refractivity contribution in [2.45, 2.75) is 6.92 Å². The molecule has 8 nitrogen and oxygen atoms in total. The summed E-state index contributed by atoms with van der Waals surface area (Å²) < 4.78 is 5.97. The van der Waals surface area contributed by atoms with Crippen molar-refractivity contribution in [3.05, 3.63) is 46.1 Å². The van der Waals surface area contributed by atoms with E-state index in [1.165, 1.54) is 24.4 Å². The van der Waals surface area contributed by atoms with Gasteiger partial charge in [-0.15, -0.1) is 0 Å². The van der Waals surface area contributed by atoms with E-state index >= 15 is 0 Å². The third kappa shape index (κ3) is 2.30. The molecule has 2 rings (SSSR count). The van der Waals surface area contributed by atoms with E-state index in [0.29, 0.717) is 0 Å². The Morgan fingerprint density at radius 2 is 2.20 bits per heavy atom. The highest BCUT2D eigenvalue weighted by Crippen LogP contribution is 2.25. The third-order valence-corrected chi connectivity index (χ3v) is 2.61. The van der Waals surface area contributed by atoms with Gasteiger partial charge in [0.05, 0.1) is 17.7 Å². The zero-order chi connectivity index (χ0) is 14.7. The van der Waals surface area contributed by atoms with E-state index in [2.05, 4.69) is 5.10 Å². The highest BCUT2D eigenvalue weighted by molar-refractivity contribution is 5.94. The lowest BCUT2D eigenvalue weighted by atomic mass is 10.2. The van der Waals surface area contributed by atoms with Gasteiger partial charge in [-0.2, -0.15) is 5.10 Å². The molecular weight excluding hydrogens is 264 g/mol. The molecule has 2 N–H and O–H groups in total. The fraction of sp³-hybridized carbons (Fsp3) is 0.167. The van der Waals surface area contributed by atoms with Crippen LogP contribution in [0.2, 0.25) is 0 Å². The topological polar surface area (TPSA) is 113 Å². The van der Waals surface area contributed by atoms with Crippen LogP contribution in [0.15, 0.2) is 30.5 Å². The minimum Gasteiger partial charge on any atom is -0.462 e. The van der Waals surface area contributed by atoms with Crippen molar-refractivity contribution < 1.29 is 14.5 Å². The van der Waals surface area contributed by atoms with Crippen LogP contribution in [0, 0.1) is 10.1 Å². The largest absolute Gasteiger partial charge is 0.462 e. The Bertz CT molecular complexity index is 665. The summed E-state index contributed by atoms with van der Waals surface area (Å²) in [4.78, 5) is 22.1. The smallest absolute Gasteiger partial charge is 0.343 e. The lowest BCUT2D eigenvalue weighted by Crippen LogP contribution is -2.09. The second-order valence-electron chi connectivity index (χ2n) is 3.82. The van der Waals surface area contributed by atoms with Gasteiger partial charge < -0.3 is 10.5 Å². The first kappa shape index (κ1) is 13.5. The van der Waals surface area contributed by atoms with E-state index in [9.17, 15) is 14.9 Å². The molecule has 0 bridgehead atoms. The lowest BCUT2D eigenvalue weighted by Gasteiger charge is -2.05. The molecule has 1 aromatic carbocycles. The molecule has 20 heavy (non-hydrogen) atoms. The van der Waals surface area contributed by atoms with Crippen LogP contribution in [0.5, 0.6) is 0 Å². The van der Waals surface area contributed by atoms with Crippen LogP contribution >= 0.6 is 0 Å². The van der Waals surface area contributed by atoms with Gasteiger partial charge in [0.25, 0.3) is 5.69 Å². The van der Waals surface area contributed by atoms with Crippen LogP contribution in [0.1, 0.15) is 17.3 Å². The van der Waals surface area contributed by atoms with Gasteiger partial charge in [0.15, 0.2) is 0 Å². The Kier molecular flexibility index (Phi) is 3.65. The third-order valence-electron chi connectivity index (χ3n) is 2.61. The molecule has 2 aromatic rings. The number of nitro groups is 1. The molecule has 0 saturated carbocycles. The molecule has 104 valence electrons. The maximum atomic E-state index is 11.6. The van der Waals surface area contributed by atoms with Gasteiger partial charge >= 0.3 is 5.97 Å². The van der Waals surface area contributed by atoms with E-state index < -0.39 is 10.9 Å². The van der Waals surface area contributed by atoms with Crippen molar-refractivity contribution in [1.29, 1.82) is 0 Å². The van der Waals surface area contributed by atoms with Crippen molar-refractivity contribution in [3.8, 4) is 5.69 Å². The van der Waals surface area contributed by atoms with Gasteiger partial charge in [-0.3, -0.25) is 10.1 Å². The molecule has 1 aromatic heterocycles. The van der Waals surface area contributed by atoms with Crippen molar-refractivity contribution in [2.75, 3.05) is 12.3 Å². The molecule has 0 saturated heterocycles. The number of esters is 1. The van der Waals surface area contributed by atoms with E-state index in [0.717, 1.165) is 4.68 Å². The SMILES string of the molecule is CCOC(=O)c1cnn(-c2ccccc2[N+](=O)[O-])c1N. The molecule has 1 heterocycles. The molecule has 0 aliphatic rings. The molecule has 0 aliphatic heterocycles. The summed E-state index contributed by atoms with van der Waals surface area (Å²) in [6, 6.07) is 5.98. The van der Waals surface area contributed by atoms with Gasteiger partial charge in [0, 0.05) is 6.07 Å². The minimum absolute atomic E-state index is 0.00208.